The van der Waals surface area contributed by atoms with Gasteiger partial charge >= 0.3 is 5.97 Å². The number of ketones is 1. The lowest BCUT2D eigenvalue weighted by Gasteiger charge is -2.53. The summed E-state index contributed by atoms with van der Waals surface area (Å²) in [5, 5.41) is 10.9. The zero-order chi connectivity index (χ0) is 28.8. The number of β-lactam (4-membered cyclic amide) rings is 1. The SMILES string of the molecule is CC[N+](CC)(CC)C1CC(=O)N1C(C(=O)CCS(=O)(=O)c1ccccc1)C(=O)OCc1ccc([N+](=O)[O-])cc1. The van der Waals surface area contributed by atoms with Gasteiger partial charge in [-0.15, -0.1) is 0 Å². The molecule has 1 amide bonds. The molecular formula is C27H34N3O8S+. The number of esters is 1. The number of nitrogens with zero attached hydrogens (tertiary/aromatic N) is 3. The smallest absolute Gasteiger partial charge is 0.337 e. The second kappa shape index (κ2) is 12.5. The molecular weight excluding hydrogens is 526 g/mol. The largest absolute Gasteiger partial charge is 0.459 e. The first-order valence-corrected chi connectivity index (χ1v) is 14.5. The van der Waals surface area contributed by atoms with E-state index in [1.807, 2.05) is 20.8 Å². The summed E-state index contributed by atoms with van der Waals surface area (Å²) in [4.78, 5) is 51.3. The quantitative estimate of drug-likeness (QED) is 0.0858. The van der Waals surface area contributed by atoms with Crippen LogP contribution in [0.1, 0.15) is 39.2 Å². The summed E-state index contributed by atoms with van der Waals surface area (Å²) in [6.45, 7) is 7.66. The fourth-order valence-corrected chi connectivity index (χ4v) is 6.23. The molecule has 0 spiro atoms. The second-order valence-electron chi connectivity index (χ2n) is 9.44. The summed E-state index contributed by atoms with van der Waals surface area (Å²) in [6, 6.07) is 11.5. The molecule has 2 aromatic carbocycles. The minimum atomic E-state index is -3.80. The first-order chi connectivity index (χ1) is 18.5. The van der Waals surface area contributed by atoms with Crippen molar-refractivity contribution in [2.45, 2.75) is 57.3 Å². The number of Topliss-reactive ketones (excluding diaryl/α,β-unsaturated/α-hetero) is 1. The van der Waals surface area contributed by atoms with Crippen LogP contribution in [0.25, 0.3) is 0 Å². The van der Waals surface area contributed by atoms with Crippen molar-refractivity contribution in [3.8, 4) is 0 Å². The molecule has 39 heavy (non-hydrogen) atoms. The molecule has 2 atom stereocenters. The van der Waals surface area contributed by atoms with Crippen molar-refractivity contribution in [2.24, 2.45) is 0 Å². The summed E-state index contributed by atoms with van der Waals surface area (Å²) >= 11 is 0. The van der Waals surface area contributed by atoms with E-state index < -0.39 is 50.9 Å². The van der Waals surface area contributed by atoms with Crippen LogP contribution in [0.2, 0.25) is 0 Å². The van der Waals surface area contributed by atoms with Gasteiger partial charge in [0.25, 0.3) is 5.69 Å². The first kappa shape index (κ1) is 29.9. The van der Waals surface area contributed by atoms with E-state index in [-0.39, 0.29) is 29.5 Å². The second-order valence-corrected chi connectivity index (χ2v) is 11.5. The van der Waals surface area contributed by atoms with Gasteiger partial charge in [0.1, 0.15) is 6.61 Å². The summed E-state index contributed by atoms with van der Waals surface area (Å²) in [5.41, 5.74) is 0.332. The Hall–Kier alpha value is -3.64. The van der Waals surface area contributed by atoms with Gasteiger partial charge < -0.3 is 9.22 Å². The van der Waals surface area contributed by atoms with Crippen LogP contribution < -0.4 is 0 Å². The molecule has 1 saturated heterocycles. The lowest BCUT2D eigenvalue weighted by molar-refractivity contribution is -0.959. The molecule has 11 nitrogen and oxygen atoms in total. The van der Waals surface area contributed by atoms with E-state index in [9.17, 15) is 32.9 Å². The third kappa shape index (κ3) is 6.51. The van der Waals surface area contributed by atoms with Gasteiger partial charge in [-0.25, -0.2) is 13.2 Å². The van der Waals surface area contributed by atoms with E-state index >= 15 is 0 Å². The maximum atomic E-state index is 13.5. The number of quaternary nitrogens is 1. The van der Waals surface area contributed by atoms with Crippen molar-refractivity contribution in [3.63, 3.8) is 0 Å². The summed E-state index contributed by atoms with van der Waals surface area (Å²) in [6.07, 6.45) is -0.740. The molecule has 2 unspecified atom stereocenters. The average Bonchev–Trinajstić information content (AvgIpc) is 2.94. The fourth-order valence-electron chi connectivity index (χ4n) is 4.96. The molecule has 0 aromatic heterocycles. The van der Waals surface area contributed by atoms with Crippen LogP contribution in [0.4, 0.5) is 5.69 Å². The Morgan fingerprint density at radius 3 is 2.15 bits per heavy atom. The standard InChI is InChI=1S/C27H34N3O8S/c1-4-30(5-2,6-3)24-18-25(32)28(24)26(23(31)16-17-39(36,37)22-10-8-7-9-11-22)27(33)38-19-20-12-14-21(15-13-20)29(34)35/h7-15,24,26H,4-6,16-19H2,1-3H3/q+1. The Morgan fingerprint density at radius 2 is 1.64 bits per heavy atom. The molecule has 3 rings (SSSR count). The molecule has 1 aliphatic heterocycles. The fraction of sp³-hybridized carbons (Fsp3) is 0.444. The number of rotatable bonds is 14. The van der Waals surface area contributed by atoms with Gasteiger partial charge in [0.2, 0.25) is 5.91 Å². The normalized spacial score (nSPS) is 16.3. The highest BCUT2D eigenvalue weighted by Gasteiger charge is 2.55. The van der Waals surface area contributed by atoms with E-state index in [1.165, 1.54) is 41.3 Å². The molecule has 2 aromatic rings. The van der Waals surface area contributed by atoms with Crippen molar-refractivity contribution in [1.82, 2.24) is 4.90 Å². The predicted molar refractivity (Wildman–Crippen MR) is 142 cm³/mol. The lowest BCUT2D eigenvalue weighted by atomic mass is 9.97. The predicted octanol–water partition coefficient (Wildman–Crippen LogP) is 2.87. The van der Waals surface area contributed by atoms with Gasteiger partial charge in [-0.1, -0.05) is 18.2 Å². The molecule has 12 heteroatoms. The zero-order valence-electron chi connectivity index (χ0n) is 22.3. The van der Waals surface area contributed by atoms with Crippen LogP contribution in [0, 0.1) is 10.1 Å². The zero-order valence-corrected chi connectivity index (χ0v) is 23.1. The van der Waals surface area contributed by atoms with Crippen molar-refractivity contribution >= 4 is 33.2 Å². The Kier molecular flexibility index (Phi) is 9.57. The number of sulfone groups is 1. The van der Waals surface area contributed by atoms with Crippen molar-refractivity contribution in [1.29, 1.82) is 0 Å². The van der Waals surface area contributed by atoms with Crippen LogP contribution in [0.5, 0.6) is 0 Å². The third-order valence-electron chi connectivity index (χ3n) is 7.54. The Labute approximate surface area is 228 Å². The number of nitro groups is 1. The van der Waals surface area contributed by atoms with E-state index in [4.69, 9.17) is 4.74 Å². The lowest BCUT2D eigenvalue weighted by Crippen LogP contribution is -2.74. The number of hydrogen-bond donors (Lipinski definition) is 0. The Morgan fingerprint density at radius 1 is 1.05 bits per heavy atom. The number of carbonyl (C=O) groups is 3. The van der Waals surface area contributed by atoms with Crippen molar-refractivity contribution < 1.29 is 36.9 Å². The molecule has 0 N–H and O–H groups in total. The van der Waals surface area contributed by atoms with E-state index in [1.54, 1.807) is 18.2 Å². The average molecular weight is 561 g/mol. The van der Waals surface area contributed by atoms with Crippen LogP contribution in [0.15, 0.2) is 59.5 Å². The number of amides is 1. The summed E-state index contributed by atoms with van der Waals surface area (Å²) < 4.78 is 31.5. The monoisotopic (exact) mass is 560 g/mol. The minimum Gasteiger partial charge on any atom is -0.459 e. The Bertz CT molecular complexity index is 1300. The number of likely N-dealkylation sites (tertiary alicyclic amines) is 1. The highest BCUT2D eigenvalue weighted by atomic mass is 32.2. The van der Waals surface area contributed by atoms with Crippen LogP contribution in [0.3, 0.4) is 0 Å². The van der Waals surface area contributed by atoms with Gasteiger partial charge in [0.05, 0.1) is 41.6 Å². The molecule has 1 heterocycles. The van der Waals surface area contributed by atoms with Crippen LogP contribution in [-0.4, -0.2) is 78.0 Å². The molecule has 0 radical (unpaired) electrons. The van der Waals surface area contributed by atoms with Crippen molar-refractivity contribution in [3.05, 3.63) is 70.3 Å². The van der Waals surface area contributed by atoms with E-state index in [0.29, 0.717) is 29.7 Å². The maximum Gasteiger partial charge on any atom is 0.337 e. The molecule has 0 aliphatic carbocycles. The number of hydrogen-bond acceptors (Lipinski definition) is 8. The summed E-state index contributed by atoms with van der Waals surface area (Å²) in [7, 11) is -3.80. The Balaban J connectivity index is 1.85. The van der Waals surface area contributed by atoms with Gasteiger partial charge in [-0.2, -0.15) is 0 Å². The highest BCUT2D eigenvalue weighted by Crippen LogP contribution is 2.33. The van der Waals surface area contributed by atoms with Gasteiger partial charge in [0, 0.05) is 18.6 Å². The third-order valence-corrected chi connectivity index (χ3v) is 9.27. The number of ether oxygens (including phenoxy) is 1. The molecule has 1 aliphatic rings. The molecule has 0 saturated carbocycles. The van der Waals surface area contributed by atoms with E-state index in [0.717, 1.165) is 0 Å². The van der Waals surface area contributed by atoms with E-state index in [2.05, 4.69) is 0 Å². The molecule has 210 valence electrons. The maximum absolute atomic E-state index is 13.5. The first-order valence-electron chi connectivity index (χ1n) is 12.9. The number of nitro benzene ring substituents is 1. The van der Waals surface area contributed by atoms with Crippen LogP contribution in [-0.2, 0) is 35.6 Å². The number of carbonyl (C=O) groups excluding carboxylic acids is 3. The number of benzene rings is 2. The summed E-state index contributed by atoms with van der Waals surface area (Å²) in [5.74, 6) is -2.59. The van der Waals surface area contributed by atoms with Crippen molar-refractivity contribution in [2.75, 3.05) is 25.4 Å². The minimum absolute atomic E-state index is 0.0617. The van der Waals surface area contributed by atoms with Gasteiger partial charge in [0.15, 0.2) is 27.8 Å². The van der Waals surface area contributed by atoms with Gasteiger partial charge in [-0.3, -0.25) is 24.6 Å². The number of non-ortho nitro benzene ring substituents is 1. The topological polar surface area (TPSA) is 141 Å². The highest BCUT2D eigenvalue weighted by molar-refractivity contribution is 7.91. The van der Waals surface area contributed by atoms with Crippen LogP contribution >= 0.6 is 0 Å². The molecule has 0 bridgehead atoms. The van der Waals surface area contributed by atoms with Gasteiger partial charge in [-0.05, 0) is 50.6 Å². The molecule has 1 fully saturated rings.